The zero-order valence-electron chi connectivity index (χ0n) is 18.1. The smallest absolute Gasteiger partial charge is 0.142 e. The van der Waals surface area contributed by atoms with E-state index < -0.39 is 0 Å². The maximum Gasteiger partial charge on any atom is 0.142 e. The molecule has 2 nitrogen and oxygen atoms in total. The third-order valence-corrected chi connectivity index (χ3v) is 5.82. The van der Waals surface area contributed by atoms with E-state index >= 15 is 0 Å². The highest BCUT2D eigenvalue weighted by atomic mass is 16.3. The number of furan rings is 1. The standard InChI is InChI=1S/C29H25NO/c1-19(2)25-17-27(30-18-20(25)3)23-14-24-16-28(22-12-8-5-9-13-22)31-29(24)26(15-23)21-10-6-4-7-11-21/h4-19H,1-3H3. The molecule has 0 fully saturated rings. The van der Waals surface area contributed by atoms with Crippen molar-refractivity contribution in [3.05, 3.63) is 102 Å². The van der Waals surface area contributed by atoms with Crippen molar-refractivity contribution in [2.75, 3.05) is 0 Å². The summed E-state index contributed by atoms with van der Waals surface area (Å²) in [6, 6.07) is 29.5. The molecule has 0 amide bonds. The van der Waals surface area contributed by atoms with Crippen LogP contribution in [-0.2, 0) is 0 Å². The summed E-state index contributed by atoms with van der Waals surface area (Å²) in [6.07, 6.45) is 1.99. The Bertz CT molecular complexity index is 1350. The van der Waals surface area contributed by atoms with Crippen LogP contribution in [0.15, 0.2) is 95.5 Å². The monoisotopic (exact) mass is 403 g/mol. The number of nitrogens with zero attached hydrogens (tertiary/aromatic N) is 1. The van der Waals surface area contributed by atoms with Crippen LogP contribution >= 0.6 is 0 Å². The lowest BCUT2D eigenvalue weighted by Gasteiger charge is -2.12. The van der Waals surface area contributed by atoms with Crippen LogP contribution in [0.4, 0.5) is 0 Å². The number of hydrogen-bond donors (Lipinski definition) is 0. The van der Waals surface area contributed by atoms with Crippen LogP contribution < -0.4 is 0 Å². The van der Waals surface area contributed by atoms with Gasteiger partial charge < -0.3 is 4.42 Å². The molecule has 3 aromatic carbocycles. The van der Waals surface area contributed by atoms with Gasteiger partial charge in [0.25, 0.3) is 0 Å². The van der Waals surface area contributed by atoms with Crippen LogP contribution in [0, 0.1) is 6.92 Å². The number of pyridine rings is 1. The molecule has 0 radical (unpaired) electrons. The maximum absolute atomic E-state index is 6.39. The van der Waals surface area contributed by atoms with Crippen molar-refractivity contribution in [3.63, 3.8) is 0 Å². The molecule has 0 aliphatic rings. The fourth-order valence-corrected chi connectivity index (χ4v) is 4.20. The lowest BCUT2D eigenvalue weighted by molar-refractivity contribution is 0.632. The third kappa shape index (κ3) is 3.66. The summed E-state index contributed by atoms with van der Waals surface area (Å²) in [7, 11) is 0. The molecule has 0 aliphatic heterocycles. The lowest BCUT2D eigenvalue weighted by atomic mass is 9.95. The first kappa shape index (κ1) is 19.3. The van der Waals surface area contributed by atoms with Gasteiger partial charge in [-0.1, -0.05) is 74.5 Å². The number of rotatable bonds is 4. The van der Waals surface area contributed by atoms with E-state index in [2.05, 4.69) is 81.4 Å². The summed E-state index contributed by atoms with van der Waals surface area (Å²) in [5.41, 5.74) is 8.88. The Labute approximate surface area is 183 Å². The lowest BCUT2D eigenvalue weighted by Crippen LogP contribution is -1.95. The molecule has 5 rings (SSSR count). The van der Waals surface area contributed by atoms with Gasteiger partial charge in [-0.25, -0.2) is 0 Å². The SMILES string of the molecule is Cc1cnc(-c2cc(-c3ccccc3)c3oc(-c4ccccc4)cc3c2)cc1C(C)C. The average molecular weight is 404 g/mol. The summed E-state index contributed by atoms with van der Waals surface area (Å²) in [5, 5.41) is 1.09. The number of benzene rings is 3. The van der Waals surface area contributed by atoms with E-state index in [0.717, 1.165) is 44.7 Å². The minimum Gasteiger partial charge on any atom is -0.455 e. The molecule has 0 aliphatic carbocycles. The number of aryl methyl sites for hydroxylation is 1. The van der Waals surface area contributed by atoms with Crippen molar-refractivity contribution in [3.8, 4) is 33.7 Å². The van der Waals surface area contributed by atoms with Gasteiger partial charge in [-0.05, 0) is 53.8 Å². The molecule has 0 saturated carbocycles. The van der Waals surface area contributed by atoms with Crippen molar-refractivity contribution >= 4 is 11.0 Å². The second-order valence-electron chi connectivity index (χ2n) is 8.37. The second-order valence-corrected chi connectivity index (χ2v) is 8.37. The van der Waals surface area contributed by atoms with Crippen molar-refractivity contribution in [1.29, 1.82) is 0 Å². The molecule has 0 spiro atoms. The van der Waals surface area contributed by atoms with Crippen molar-refractivity contribution < 1.29 is 4.42 Å². The molecule has 2 aromatic heterocycles. The molecular formula is C29H25NO. The van der Waals surface area contributed by atoms with E-state index in [-0.39, 0.29) is 0 Å². The van der Waals surface area contributed by atoms with Gasteiger partial charge in [0.15, 0.2) is 0 Å². The Morgan fingerprint density at radius 3 is 2.10 bits per heavy atom. The molecule has 2 heteroatoms. The Hall–Kier alpha value is -3.65. The molecule has 0 atom stereocenters. The summed E-state index contributed by atoms with van der Waals surface area (Å²) in [4.78, 5) is 4.77. The van der Waals surface area contributed by atoms with E-state index in [4.69, 9.17) is 9.40 Å². The van der Waals surface area contributed by atoms with Gasteiger partial charge in [0, 0.05) is 28.3 Å². The van der Waals surface area contributed by atoms with Crippen LogP contribution in [0.2, 0.25) is 0 Å². The number of hydrogen-bond acceptors (Lipinski definition) is 2. The molecule has 31 heavy (non-hydrogen) atoms. The zero-order chi connectivity index (χ0) is 21.4. The predicted octanol–water partition coefficient (Wildman–Crippen LogP) is 8.26. The van der Waals surface area contributed by atoms with Crippen molar-refractivity contribution in [1.82, 2.24) is 4.98 Å². The first-order chi connectivity index (χ1) is 15.1. The van der Waals surface area contributed by atoms with Gasteiger partial charge in [0.05, 0.1) is 5.69 Å². The van der Waals surface area contributed by atoms with Crippen molar-refractivity contribution in [2.24, 2.45) is 0 Å². The van der Waals surface area contributed by atoms with E-state index in [0.29, 0.717) is 5.92 Å². The summed E-state index contributed by atoms with van der Waals surface area (Å²) >= 11 is 0. The Morgan fingerprint density at radius 1 is 0.742 bits per heavy atom. The summed E-state index contributed by atoms with van der Waals surface area (Å²) in [6.45, 7) is 6.59. The van der Waals surface area contributed by atoms with E-state index in [9.17, 15) is 0 Å². The Morgan fingerprint density at radius 2 is 1.42 bits per heavy atom. The summed E-state index contributed by atoms with van der Waals surface area (Å²) < 4.78 is 6.39. The van der Waals surface area contributed by atoms with Gasteiger partial charge in [-0.3, -0.25) is 4.98 Å². The predicted molar refractivity (Wildman–Crippen MR) is 129 cm³/mol. The Balaban J connectivity index is 1.75. The molecule has 152 valence electrons. The van der Waals surface area contributed by atoms with Gasteiger partial charge in [0.2, 0.25) is 0 Å². The minimum atomic E-state index is 0.456. The van der Waals surface area contributed by atoms with E-state index in [1.54, 1.807) is 0 Å². The Kier molecular flexibility index (Phi) is 4.91. The number of aromatic nitrogens is 1. The van der Waals surface area contributed by atoms with Crippen LogP contribution in [0.25, 0.3) is 44.7 Å². The molecule has 2 heterocycles. The minimum absolute atomic E-state index is 0.456. The molecule has 0 saturated heterocycles. The molecule has 0 unspecified atom stereocenters. The summed E-state index contributed by atoms with van der Waals surface area (Å²) in [5.74, 6) is 1.34. The second kappa shape index (κ2) is 7.88. The highest BCUT2D eigenvalue weighted by Crippen LogP contribution is 2.38. The first-order valence-electron chi connectivity index (χ1n) is 10.8. The third-order valence-electron chi connectivity index (χ3n) is 5.82. The van der Waals surface area contributed by atoms with Crippen LogP contribution in [-0.4, -0.2) is 4.98 Å². The van der Waals surface area contributed by atoms with Crippen LogP contribution in [0.3, 0.4) is 0 Å². The van der Waals surface area contributed by atoms with E-state index in [1.807, 2.05) is 30.5 Å². The van der Waals surface area contributed by atoms with E-state index in [1.165, 1.54) is 11.1 Å². The van der Waals surface area contributed by atoms with Crippen LogP contribution in [0.1, 0.15) is 30.9 Å². The average Bonchev–Trinajstić information content (AvgIpc) is 3.24. The number of fused-ring (bicyclic) bond motifs is 1. The largest absolute Gasteiger partial charge is 0.455 e. The van der Waals surface area contributed by atoms with Crippen molar-refractivity contribution in [2.45, 2.75) is 26.7 Å². The topological polar surface area (TPSA) is 26.0 Å². The maximum atomic E-state index is 6.39. The zero-order valence-corrected chi connectivity index (χ0v) is 18.1. The van der Waals surface area contributed by atoms with Gasteiger partial charge >= 0.3 is 0 Å². The normalized spacial score (nSPS) is 11.4. The fraction of sp³-hybridized carbons (Fsp3) is 0.138. The quantitative estimate of drug-likeness (QED) is 0.302. The first-order valence-corrected chi connectivity index (χ1v) is 10.8. The van der Waals surface area contributed by atoms with Gasteiger partial charge in [-0.15, -0.1) is 0 Å². The van der Waals surface area contributed by atoms with Gasteiger partial charge in [0.1, 0.15) is 11.3 Å². The highest BCUT2D eigenvalue weighted by Gasteiger charge is 2.15. The molecular weight excluding hydrogens is 378 g/mol. The molecule has 5 aromatic rings. The highest BCUT2D eigenvalue weighted by molar-refractivity contribution is 5.98. The molecule has 0 bridgehead atoms. The fourth-order valence-electron chi connectivity index (χ4n) is 4.20. The van der Waals surface area contributed by atoms with Crippen LogP contribution in [0.5, 0.6) is 0 Å². The van der Waals surface area contributed by atoms with Gasteiger partial charge in [-0.2, -0.15) is 0 Å². The molecule has 0 N–H and O–H groups in total.